The minimum atomic E-state index is -1.01. The summed E-state index contributed by atoms with van der Waals surface area (Å²) < 4.78 is 5.00. The fourth-order valence-electron chi connectivity index (χ4n) is 4.03. The summed E-state index contributed by atoms with van der Waals surface area (Å²) in [6, 6.07) is 15.5. The normalized spacial score (nSPS) is 15.2. The van der Waals surface area contributed by atoms with Gasteiger partial charge in [-0.1, -0.05) is 24.3 Å². The highest BCUT2D eigenvalue weighted by molar-refractivity contribution is 6.22. The van der Waals surface area contributed by atoms with Crippen molar-refractivity contribution in [3.05, 3.63) is 89.7 Å². The largest absolute Gasteiger partial charge is 0.462 e. The first-order chi connectivity index (χ1) is 17.4. The van der Waals surface area contributed by atoms with E-state index in [0.717, 1.165) is 16.0 Å². The van der Waals surface area contributed by atoms with Crippen LogP contribution in [-0.2, 0) is 20.9 Å². The van der Waals surface area contributed by atoms with Gasteiger partial charge in [-0.15, -0.1) is 0 Å². The molecule has 1 aliphatic heterocycles. The van der Waals surface area contributed by atoms with Gasteiger partial charge in [-0.05, 0) is 61.4 Å². The molecule has 1 unspecified atom stereocenters. The van der Waals surface area contributed by atoms with E-state index in [2.05, 4.69) is 10.3 Å². The summed E-state index contributed by atoms with van der Waals surface area (Å²) in [6.45, 7) is 3.94. The predicted molar refractivity (Wildman–Crippen MR) is 133 cm³/mol. The number of carbonyl (C=O) groups is 4. The molecular formula is C27H26N4O5. The van der Waals surface area contributed by atoms with E-state index in [0.29, 0.717) is 16.9 Å². The van der Waals surface area contributed by atoms with Crippen LogP contribution in [0, 0.1) is 6.92 Å². The standard InChI is InChI=1S/C27H26N4O5/c1-3-36-26(34)20-9-5-10-21(14-20)29-24(32)15-23-25(33)31(22-11-4-7-18(2)13-22)27(35)30(23)17-19-8-6-12-28-16-19/h4-14,16,23H,3,15,17H2,1-2H3,(H,29,32). The number of nitrogens with zero attached hydrogens (tertiary/aromatic N) is 3. The van der Waals surface area contributed by atoms with Crippen LogP contribution in [0.25, 0.3) is 0 Å². The zero-order valence-corrected chi connectivity index (χ0v) is 20.0. The Hall–Kier alpha value is -4.53. The number of rotatable bonds is 8. The van der Waals surface area contributed by atoms with Crippen LogP contribution in [0.3, 0.4) is 0 Å². The second-order valence-electron chi connectivity index (χ2n) is 8.35. The molecule has 9 nitrogen and oxygen atoms in total. The highest BCUT2D eigenvalue weighted by Gasteiger charge is 2.46. The molecule has 1 aromatic heterocycles. The molecule has 0 aliphatic carbocycles. The zero-order chi connectivity index (χ0) is 25.7. The molecule has 2 heterocycles. The maximum absolute atomic E-state index is 13.4. The first kappa shape index (κ1) is 24.6. The Bertz CT molecular complexity index is 1290. The number of carbonyl (C=O) groups excluding carboxylic acids is 4. The van der Waals surface area contributed by atoms with Crippen LogP contribution >= 0.6 is 0 Å². The van der Waals surface area contributed by atoms with Gasteiger partial charge < -0.3 is 15.0 Å². The molecule has 0 radical (unpaired) electrons. The Morgan fingerprint density at radius 1 is 1.06 bits per heavy atom. The second kappa shape index (κ2) is 10.8. The predicted octanol–water partition coefficient (Wildman–Crippen LogP) is 3.93. The highest BCUT2D eigenvalue weighted by atomic mass is 16.5. The van der Waals surface area contributed by atoms with E-state index in [4.69, 9.17) is 4.74 Å². The van der Waals surface area contributed by atoms with E-state index < -0.39 is 29.9 Å². The van der Waals surface area contributed by atoms with Gasteiger partial charge in [0, 0.05) is 24.6 Å². The number of aryl methyl sites for hydroxylation is 1. The number of aromatic nitrogens is 1. The van der Waals surface area contributed by atoms with Crippen LogP contribution < -0.4 is 10.2 Å². The summed E-state index contributed by atoms with van der Waals surface area (Å²) in [5, 5.41) is 2.72. The molecule has 0 bridgehead atoms. The third-order valence-electron chi connectivity index (χ3n) is 5.69. The maximum atomic E-state index is 13.4. The van der Waals surface area contributed by atoms with Crippen molar-refractivity contribution in [1.29, 1.82) is 0 Å². The number of benzene rings is 2. The first-order valence-electron chi connectivity index (χ1n) is 11.5. The summed E-state index contributed by atoms with van der Waals surface area (Å²) in [7, 11) is 0. The maximum Gasteiger partial charge on any atom is 0.338 e. The van der Waals surface area contributed by atoms with Crippen LogP contribution in [0.5, 0.6) is 0 Å². The molecule has 1 atom stereocenters. The van der Waals surface area contributed by atoms with Crippen molar-refractivity contribution in [2.75, 3.05) is 16.8 Å². The first-order valence-corrected chi connectivity index (χ1v) is 11.5. The molecular weight excluding hydrogens is 460 g/mol. The van der Waals surface area contributed by atoms with Crippen LogP contribution in [0.15, 0.2) is 73.1 Å². The van der Waals surface area contributed by atoms with Gasteiger partial charge in [0.25, 0.3) is 5.91 Å². The molecule has 0 spiro atoms. The number of anilines is 2. The van der Waals surface area contributed by atoms with E-state index in [1.165, 1.54) is 11.0 Å². The molecule has 9 heteroatoms. The lowest BCUT2D eigenvalue weighted by molar-refractivity contribution is -0.124. The van der Waals surface area contributed by atoms with Crippen LogP contribution in [0.4, 0.5) is 16.2 Å². The van der Waals surface area contributed by atoms with E-state index in [1.807, 2.05) is 13.0 Å². The van der Waals surface area contributed by atoms with Gasteiger partial charge in [0.05, 0.1) is 24.3 Å². The lowest BCUT2D eigenvalue weighted by Crippen LogP contribution is -2.37. The van der Waals surface area contributed by atoms with E-state index in [1.54, 1.807) is 67.8 Å². The summed E-state index contributed by atoms with van der Waals surface area (Å²) >= 11 is 0. The molecule has 1 N–H and O–H groups in total. The number of amides is 4. The monoisotopic (exact) mass is 486 g/mol. The Labute approximate surface area is 208 Å². The zero-order valence-electron chi connectivity index (χ0n) is 20.0. The van der Waals surface area contributed by atoms with Crippen molar-refractivity contribution in [2.45, 2.75) is 32.9 Å². The Morgan fingerprint density at radius 3 is 2.58 bits per heavy atom. The molecule has 1 aliphatic rings. The lowest BCUT2D eigenvalue weighted by atomic mass is 10.1. The average molecular weight is 487 g/mol. The molecule has 4 amide bonds. The van der Waals surface area contributed by atoms with Crippen LogP contribution in [0.2, 0.25) is 0 Å². The quantitative estimate of drug-likeness (QED) is 0.382. The minimum Gasteiger partial charge on any atom is -0.462 e. The Kier molecular flexibility index (Phi) is 7.39. The summed E-state index contributed by atoms with van der Waals surface area (Å²) in [6.07, 6.45) is 2.98. The minimum absolute atomic E-state index is 0.122. The van der Waals surface area contributed by atoms with Gasteiger partial charge in [0.15, 0.2) is 0 Å². The van der Waals surface area contributed by atoms with E-state index >= 15 is 0 Å². The lowest BCUT2D eigenvalue weighted by Gasteiger charge is -2.21. The SMILES string of the molecule is CCOC(=O)c1cccc(NC(=O)CC2C(=O)N(c3cccc(C)c3)C(=O)N2Cc2cccnc2)c1. The highest BCUT2D eigenvalue weighted by Crippen LogP contribution is 2.29. The molecule has 36 heavy (non-hydrogen) atoms. The van der Waals surface area contributed by atoms with Gasteiger partial charge in [-0.25, -0.2) is 14.5 Å². The number of hydrogen-bond donors (Lipinski definition) is 1. The van der Waals surface area contributed by atoms with Crippen LogP contribution in [-0.4, -0.2) is 46.3 Å². The smallest absolute Gasteiger partial charge is 0.338 e. The van der Waals surface area contributed by atoms with Crippen molar-refractivity contribution in [3.8, 4) is 0 Å². The summed E-state index contributed by atoms with van der Waals surface area (Å²) in [5.41, 5.74) is 2.76. The third kappa shape index (κ3) is 5.41. The number of imide groups is 1. The molecule has 184 valence electrons. The molecule has 3 aromatic rings. The van der Waals surface area contributed by atoms with E-state index in [9.17, 15) is 19.2 Å². The van der Waals surface area contributed by atoms with Gasteiger partial charge in [0.2, 0.25) is 5.91 Å². The third-order valence-corrected chi connectivity index (χ3v) is 5.69. The number of nitrogens with one attached hydrogen (secondary N) is 1. The van der Waals surface area contributed by atoms with Gasteiger partial charge >= 0.3 is 12.0 Å². The Morgan fingerprint density at radius 2 is 1.86 bits per heavy atom. The van der Waals surface area contributed by atoms with Gasteiger partial charge in [0.1, 0.15) is 6.04 Å². The fourth-order valence-corrected chi connectivity index (χ4v) is 4.03. The number of urea groups is 1. The molecule has 2 aromatic carbocycles. The molecule has 0 saturated carbocycles. The van der Waals surface area contributed by atoms with Crippen LogP contribution in [0.1, 0.15) is 34.8 Å². The average Bonchev–Trinajstić information content (AvgIpc) is 3.08. The molecule has 1 saturated heterocycles. The van der Waals surface area contributed by atoms with Crippen molar-refractivity contribution in [3.63, 3.8) is 0 Å². The van der Waals surface area contributed by atoms with Gasteiger partial charge in [-0.3, -0.25) is 14.6 Å². The molecule has 4 rings (SSSR count). The summed E-state index contributed by atoms with van der Waals surface area (Å²) in [5.74, 6) is -1.45. The van der Waals surface area contributed by atoms with E-state index in [-0.39, 0.29) is 19.6 Å². The number of pyridine rings is 1. The fraction of sp³-hybridized carbons (Fsp3) is 0.222. The Balaban J connectivity index is 1.57. The summed E-state index contributed by atoms with van der Waals surface area (Å²) in [4.78, 5) is 58.4. The van der Waals surface area contributed by atoms with Crippen molar-refractivity contribution in [2.24, 2.45) is 0 Å². The second-order valence-corrected chi connectivity index (χ2v) is 8.35. The van der Waals surface area contributed by atoms with Gasteiger partial charge in [-0.2, -0.15) is 0 Å². The molecule has 1 fully saturated rings. The van der Waals surface area contributed by atoms with Crippen molar-refractivity contribution < 1.29 is 23.9 Å². The number of ether oxygens (including phenoxy) is 1. The number of esters is 1. The topological polar surface area (TPSA) is 109 Å². The number of hydrogen-bond acceptors (Lipinski definition) is 6. The van der Waals surface area contributed by atoms with Crippen molar-refractivity contribution in [1.82, 2.24) is 9.88 Å². The van der Waals surface area contributed by atoms with Crippen molar-refractivity contribution >= 4 is 35.2 Å².